The van der Waals surface area contributed by atoms with Crippen molar-refractivity contribution >= 4 is 29.1 Å². The number of hydrogen-bond acceptors (Lipinski definition) is 4. The average molecular weight is 333 g/mol. The largest absolute Gasteiger partial charge is 0.483 e. The molecule has 0 aromatic heterocycles. The second-order valence-electron chi connectivity index (χ2n) is 4.77. The summed E-state index contributed by atoms with van der Waals surface area (Å²) < 4.78 is 18.5. The number of hydrogen-bond donors (Lipinski definition) is 1. The lowest BCUT2D eigenvalue weighted by Crippen LogP contribution is -2.20. The van der Waals surface area contributed by atoms with Crippen LogP contribution in [0.2, 0.25) is 0 Å². The summed E-state index contributed by atoms with van der Waals surface area (Å²) in [5.74, 6) is -1.03. The van der Waals surface area contributed by atoms with Crippen LogP contribution in [0.15, 0.2) is 47.4 Å². The maximum Gasteiger partial charge on any atom is 0.262 e. The normalized spacial score (nSPS) is 10.2. The molecule has 0 spiro atoms. The summed E-state index contributed by atoms with van der Waals surface area (Å²) in [6.07, 6.45) is 1.95. The molecule has 0 unspecified atom stereocenters. The Hall–Kier alpha value is -2.34. The smallest absolute Gasteiger partial charge is 0.262 e. The minimum Gasteiger partial charge on any atom is -0.483 e. The number of benzene rings is 2. The standard InChI is InChI=1S/C17H16FNO3S/c1-11(20)15-8-12(18)6-7-16(15)22-10-17(21)19-13-4-3-5-14(9-13)23-2/h3-9H,10H2,1-2H3,(H,19,21). The molecule has 0 heterocycles. The first kappa shape index (κ1) is 17.0. The highest BCUT2D eigenvalue weighted by molar-refractivity contribution is 7.98. The fourth-order valence-corrected chi connectivity index (χ4v) is 2.40. The molecule has 2 rings (SSSR count). The Morgan fingerprint density at radius 1 is 1.22 bits per heavy atom. The van der Waals surface area contributed by atoms with Crippen molar-refractivity contribution in [1.29, 1.82) is 0 Å². The summed E-state index contributed by atoms with van der Waals surface area (Å²) in [5.41, 5.74) is 0.776. The highest BCUT2D eigenvalue weighted by Gasteiger charge is 2.12. The van der Waals surface area contributed by atoms with Crippen LogP contribution in [0, 0.1) is 5.82 Å². The molecule has 0 saturated heterocycles. The molecule has 2 aromatic carbocycles. The van der Waals surface area contributed by atoms with E-state index in [2.05, 4.69) is 5.32 Å². The van der Waals surface area contributed by atoms with Gasteiger partial charge in [-0.15, -0.1) is 11.8 Å². The zero-order valence-electron chi connectivity index (χ0n) is 12.8. The summed E-state index contributed by atoms with van der Waals surface area (Å²) in [5, 5.41) is 2.71. The molecule has 2 aromatic rings. The molecular weight excluding hydrogens is 317 g/mol. The Balaban J connectivity index is 2.00. The predicted octanol–water partition coefficient (Wildman–Crippen LogP) is 3.77. The second kappa shape index (κ2) is 7.78. The number of amides is 1. The van der Waals surface area contributed by atoms with Gasteiger partial charge in [-0.1, -0.05) is 6.07 Å². The van der Waals surface area contributed by atoms with Gasteiger partial charge in [0.25, 0.3) is 5.91 Å². The van der Waals surface area contributed by atoms with E-state index in [9.17, 15) is 14.0 Å². The van der Waals surface area contributed by atoms with E-state index >= 15 is 0 Å². The van der Waals surface area contributed by atoms with Gasteiger partial charge in [0.05, 0.1) is 5.56 Å². The first-order valence-corrected chi connectivity index (χ1v) is 8.09. The monoisotopic (exact) mass is 333 g/mol. The average Bonchev–Trinajstić information content (AvgIpc) is 2.53. The quantitative estimate of drug-likeness (QED) is 0.646. The molecule has 0 aliphatic rings. The van der Waals surface area contributed by atoms with Crippen molar-refractivity contribution in [3.63, 3.8) is 0 Å². The number of Topliss-reactive ketones (excluding diaryl/α,β-unsaturated/α-hetero) is 1. The Bertz CT molecular complexity index is 734. The topological polar surface area (TPSA) is 55.4 Å². The number of anilines is 1. The van der Waals surface area contributed by atoms with Crippen molar-refractivity contribution in [2.75, 3.05) is 18.2 Å². The van der Waals surface area contributed by atoms with E-state index in [1.807, 2.05) is 24.5 Å². The Morgan fingerprint density at radius 3 is 2.70 bits per heavy atom. The summed E-state index contributed by atoms with van der Waals surface area (Å²) in [6.45, 7) is 1.05. The second-order valence-corrected chi connectivity index (χ2v) is 5.65. The Kier molecular flexibility index (Phi) is 5.76. The van der Waals surface area contributed by atoms with E-state index in [-0.39, 0.29) is 29.6 Å². The lowest BCUT2D eigenvalue weighted by Gasteiger charge is -2.10. The lowest BCUT2D eigenvalue weighted by molar-refractivity contribution is -0.118. The number of rotatable bonds is 6. The molecule has 0 bridgehead atoms. The van der Waals surface area contributed by atoms with Crippen LogP contribution in [-0.2, 0) is 4.79 Å². The van der Waals surface area contributed by atoms with Gasteiger partial charge in [0.15, 0.2) is 12.4 Å². The SMILES string of the molecule is CSc1cccc(NC(=O)COc2ccc(F)cc2C(C)=O)c1. The van der Waals surface area contributed by atoms with E-state index in [0.717, 1.165) is 11.0 Å². The number of halogens is 1. The van der Waals surface area contributed by atoms with Crippen molar-refractivity contribution in [3.8, 4) is 5.75 Å². The molecular formula is C17H16FNO3S. The van der Waals surface area contributed by atoms with Crippen LogP contribution >= 0.6 is 11.8 Å². The molecule has 0 saturated carbocycles. The van der Waals surface area contributed by atoms with Crippen molar-refractivity contribution in [2.24, 2.45) is 0 Å². The molecule has 0 aliphatic carbocycles. The van der Waals surface area contributed by atoms with E-state index in [0.29, 0.717) is 5.69 Å². The van der Waals surface area contributed by atoms with Crippen LogP contribution in [0.4, 0.5) is 10.1 Å². The summed E-state index contributed by atoms with van der Waals surface area (Å²) in [4.78, 5) is 24.4. The van der Waals surface area contributed by atoms with Crippen molar-refractivity contribution in [3.05, 3.63) is 53.8 Å². The first-order valence-electron chi connectivity index (χ1n) is 6.87. The van der Waals surface area contributed by atoms with Crippen LogP contribution in [0.5, 0.6) is 5.75 Å². The maximum atomic E-state index is 13.2. The first-order chi connectivity index (χ1) is 11.0. The highest BCUT2D eigenvalue weighted by atomic mass is 32.2. The van der Waals surface area contributed by atoms with E-state index in [1.54, 1.807) is 17.8 Å². The van der Waals surface area contributed by atoms with Crippen molar-refractivity contribution < 1.29 is 18.7 Å². The number of ether oxygens (including phenoxy) is 1. The number of carbonyl (C=O) groups excluding carboxylic acids is 2. The molecule has 0 aliphatic heterocycles. The number of ketones is 1. The van der Waals surface area contributed by atoms with Gasteiger partial charge in [0, 0.05) is 10.6 Å². The van der Waals surface area contributed by atoms with Crippen LogP contribution in [0.3, 0.4) is 0 Å². The minimum atomic E-state index is -0.527. The molecule has 0 radical (unpaired) electrons. The van der Waals surface area contributed by atoms with Gasteiger partial charge in [-0.25, -0.2) is 4.39 Å². The molecule has 23 heavy (non-hydrogen) atoms. The van der Waals surface area contributed by atoms with Gasteiger partial charge in [0.1, 0.15) is 11.6 Å². The molecule has 1 N–H and O–H groups in total. The summed E-state index contributed by atoms with van der Waals surface area (Å²) in [6, 6.07) is 11.0. The van der Waals surface area contributed by atoms with Crippen LogP contribution in [-0.4, -0.2) is 24.6 Å². The molecule has 120 valence electrons. The van der Waals surface area contributed by atoms with Crippen LogP contribution < -0.4 is 10.1 Å². The Labute approximate surface area is 138 Å². The van der Waals surface area contributed by atoms with E-state index in [1.165, 1.54) is 19.1 Å². The third-order valence-corrected chi connectivity index (χ3v) is 3.76. The fraction of sp³-hybridized carbons (Fsp3) is 0.176. The number of carbonyl (C=O) groups is 2. The third-order valence-electron chi connectivity index (χ3n) is 3.03. The summed E-state index contributed by atoms with van der Waals surface area (Å²) in [7, 11) is 0. The Morgan fingerprint density at radius 2 is 2.00 bits per heavy atom. The molecule has 6 heteroatoms. The van der Waals surface area contributed by atoms with Crippen LogP contribution in [0.25, 0.3) is 0 Å². The van der Waals surface area contributed by atoms with Gasteiger partial charge in [-0.3, -0.25) is 9.59 Å². The summed E-state index contributed by atoms with van der Waals surface area (Å²) >= 11 is 1.57. The third kappa shape index (κ3) is 4.82. The number of thioether (sulfide) groups is 1. The van der Waals surface area contributed by atoms with Crippen molar-refractivity contribution in [2.45, 2.75) is 11.8 Å². The molecule has 0 fully saturated rings. The molecule has 0 atom stereocenters. The van der Waals surface area contributed by atoms with E-state index in [4.69, 9.17) is 4.74 Å². The zero-order chi connectivity index (χ0) is 16.8. The fourth-order valence-electron chi connectivity index (χ4n) is 1.94. The molecule has 4 nitrogen and oxygen atoms in total. The minimum absolute atomic E-state index is 0.113. The molecule has 1 amide bonds. The van der Waals surface area contributed by atoms with Crippen molar-refractivity contribution in [1.82, 2.24) is 0 Å². The lowest BCUT2D eigenvalue weighted by atomic mass is 10.1. The van der Waals surface area contributed by atoms with Gasteiger partial charge in [-0.05, 0) is 49.6 Å². The van der Waals surface area contributed by atoms with Crippen LogP contribution in [0.1, 0.15) is 17.3 Å². The maximum absolute atomic E-state index is 13.2. The van der Waals surface area contributed by atoms with E-state index < -0.39 is 5.82 Å². The predicted molar refractivity (Wildman–Crippen MR) is 88.8 cm³/mol. The van der Waals surface area contributed by atoms with Gasteiger partial charge >= 0.3 is 0 Å². The van der Waals surface area contributed by atoms with Gasteiger partial charge < -0.3 is 10.1 Å². The highest BCUT2D eigenvalue weighted by Crippen LogP contribution is 2.21. The zero-order valence-corrected chi connectivity index (χ0v) is 13.6. The van der Waals surface area contributed by atoms with Gasteiger partial charge in [-0.2, -0.15) is 0 Å². The number of nitrogens with one attached hydrogen (secondary N) is 1. The van der Waals surface area contributed by atoms with Gasteiger partial charge in [0.2, 0.25) is 0 Å².